The Morgan fingerprint density at radius 1 is 1.21 bits per heavy atom. The van der Waals surface area contributed by atoms with Gasteiger partial charge in [-0.3, -0.25) is 0 Å². The molecule has 2 nitrogen and oxygen atoms in total. The van der Waals surface area contributed by atoms with Gasteiger partial charge in [-0.05, 0) is 5.56 Å². The second kappa shape index (κ2) is 4.64. The summed E-state index contributed by atoms with van der Waals surface area (Å²) in [6.07, 6.45) is -0.102. The third-order valence-corrected chi connectivity index (χ3v) is 6.24. The highest BCUT2D eigenvalue weighted by molar-refractivity contribution is 6.88. The smallest absolute Gasteiger partial charge is 0.404 e. The van der Waals surface area contributed by atoms with Gasteiger partial charge in [0.15, 0.2) is 0 Å². The number of halogens is 1. The molecule has 1 aromatic rings. The lowest BCUT2D eigenvalue weighted by molar-refractivity contribution is 0.150. The maximum atomic E-state index is 10.9. The number of hydrogen-bond acceptors (Lipinski definition) is 2. The Hall–Kier alpha value is -0.803. The van der Waals surface area contributed by atoms with Crippen LogP contribution in [0, 0.1) is 5.41 Å². The van der Waals surface area contributed by atoms with E-state index in [1.54, 1.807) is 0 Å². The zero-order chi connectivity index (χ0) is 14.4. The van der Waals surface area contributed by atoms with Crippen molar-refractivity contribution in [2.75, 3.05) is 0 Å². The predicted molar refractivity (Wildman–Crippen MR) is 82.1 cm³/mol. The van der Waals surface area contributed by atoms with Gasteiger partial charge in [-0.15, -0.1) is 0 Å². The zero-order valence-corrected chi connectivity index (χ0v) is 13.9. The molecule has 2 atom stereocenters. The molecular weight excluding hydrogens is 276 g/mol. The molecule has 19 heavy (non-hydrogen) atoms. The zero-order valence-electron chi connectivity index (χ0n) is 12.2. The molecule has 1 aliphatic carbocycles. The van der Waals surface area contributed by atoms with Gasteiger partial charge in [0.1, 0.15) is 6.10 Å². The van der Waals surface area contributed by atoms with E-state index in [1.165, 1.54) is 10.8 Å². The molecule has 0 heterocycles. The summed E-state index contributed by atoms with van der Waals surface area (Å²) >= 11 is 5.32. The maximum Gasteiger partial charge on any atom is 0.404 e. The van der Waals surface area contributed by atoms with E-state index < -0.39 is 13.5 Å². The number of carbonyl (C=O) groups excluding carboxylic acids is 1. The first kappa shape index (κ1) is 14.6. The van der Waals surface area contributed by atoms with E-state index in [9.17, 15) is 4.79 Å². The van der Waals surface area contributed by atoms with Gasteiger partial charge in [0, 0.05) is 22.9 Å². The van der Waals surface area contributed by atoms with Crippen LogP contribution < -0.4 is 5.19 Å². The summed E-state index contributed by atoms with van der Waals surface area (Å²) in [5.74, 6) is 0.255. The summed E-state index contributed by atoms with van der Waals surface area (Å²) in [5, 5.41) is 1.44. The Balaban J connectivity index is 2.18. The van der Waals surface area contributed by atoms with Gasteiger partial charge < -0.3 is 4.74 Å². The minimum Gasteiger partial charge on any atom is -0.449 e. The molecule has 0 aliphatic heterocycles. The molecule has 0 amide bonds. The molecule has 0 aromatic heterocycles. The standard InChI is InChI=1S/C15H21ClO2Si/c1-15(2)12(13(15)18-14(16)17)10-6-8-11(9-7-10)19(3,4)5/h6-9,12-13H,1-5H3. The molecule has 104 valence electrons. The van der Waals surface area contributed by atoms with E-state index in [2.05, 4.69) is 57.8 Å². The van der Waals surface area contributed by atoms with E-state index in [0.717, 1.165) is 0 Å². The molecule has 0 spiro atoms. The van der Waals surface area contributed by atoms with Crippen molar-refractivity contribution in [2.45, 2.75) is 45.5 Å². The summed E-state index contributed by atoms with van der Waals surface area (Å²) in [6.45, 7) is 11.2. The molecule has 4 heteroatoms. The number of hydrogen-bond donors (Lipinski definition) is 0. The summed E-state index contributed by atoms with van der Waals surface area (Å²) in [4.78, 5) is 10.9. The predicted octanol–water partition coefficient (Wildman–Crippen LogP) is 4.10. The van der Waals surface area contributed by atoms with E-state index in [1.807, 2.05) is 0 Å². The number of ether oxygens (including phenoxy) is 1. The van der Waals surface area contributed by atoms with Crippen LogP contribution in [0.3, 0.4) is 0 Å². The number of benzene rings is 1. The molecular formula is C15H21ClO2Si. The highest BCUT2D eigenvalue weighted by Crippen LogP contribution is 2.60. The molecule has 0 radical (unpaired) electrons. The molecule has 1 saturated carbocycles. The van der Waals surface area contributed by atoms with Crippen molar-refractivity contribution < 1.29 is 9.53 Å². The van der Waals surface area contributed by atoms with Gasteiger partial charge in [-0.2, -0.15) is 0 Å². The fourth-order valence-electron chi connectivity index (χ4n) is 2.71. The highest BCUT2D eigenvalue weighted by atomic mass is 35.5. The summed E-state index contributed by atoms with van der Waals surface area (Å²) in [7, 11) is -1.26. The maximum absolute atomic E-state index is 10.9. The van der Waals surface area contributed by atoms with Gasteiger partial charge in [-0.25, -0.2) is 4.79 Å². The van der Waals surface area contributed by atoms with Crippen molar-refractivity contribution in [3.63, 3.8) is 0 Å². The average Bonchev–Trinajstić information content (AvgIpc) is 2.78. The fraction of sp³-hybridized carbons (Fsp3) is 0.533. The lowest BCUT2D eigenvalue weighted by Gasteiger charge is -2.16. The summed E-state index contributed by atoms with van der Waals surface area (Å²) < 4.78 is 5.18. The first-order chi connectivity index (χ1) is 8.64. The molecule has 1 fully saturated rings. The first-order valence-electron chi connectivity index (χ1n) is 6.60. The quantitative estimate of drug-likeness (QED) is 0.620. The van der Waals surface area contributed by atoms with Crippen molar-refractivity contribution in [3.05, 3.63) is 29.8 Å². The van der Waals surface area contributed by atoms with Gasteiger partial charge >= 0.3 is 5.43 Å². The second-order valence-corrected chi connectivity index (χ2v) is 12.3. The Labute approximate surface area is 121 Å². The average molecular weight is 297 g/mol. The molecule has 2 rings (SSSR count). The molecule has 2 unspecified atom stereocenters. The van der Waals surface area contributed by atoms with Crippen molar-refractivity contribution in [1.82, 2.24) is 0 Å². The molecule has 1 aromatic carbocycles. The van der Waals surface area contributed by atoms with Crippen LogP contribution in [0.25, 0.3) is 0 Å². The van der Waals surface area contributed by atoms with E-state index in [0.29, 0.717) is 0 Å². The molecule has 0 bridgehead atoms. The highest BCUT2D eigenvalue weighted by Gasteiger charge is 2.61. The fourth-order valence-corrected chi connectivity index (χ4v) is 3.97. The van der Waals surface area contributed by atoms with Crippen LogP contribution in [0.2, 0.25) is 19.6 Å². The Bertz CT molecular complexity index is 488. The molecule has 1 aliphatic rings. The van der Waals surface area contributed by atoms with Gasteiger partial charge in [-0.1, -0.05) is 62.9 Å². The van der Waals surface area contributed by atoms with E-state index in [4.69, 9.17) is 16.3 Å². The SMILES string of the molecule is CC1(C)C(OC(=O)Cl)C1c1ccc([Si](C)(C)C)cc1. The number of carbonyl (C=O) groups is 1. The van der Waals surface area contributed by atoms with Crippen LogP contribution in [-0.4, -0.2) is 19.6 Å². The monoisotopic (exact) mass is 296 g/mol. The lowest BCUT2D eigenvalue weighted by Crippen LogP contribution is -2.37. The van der Waals surface area contributed by atoms with Crippen molar-refractivity contribution in [2.24, 2.45) is 5.41 Å². The normalized spacial score (nSPS) is 24.9. The van der Waals surface area contributed by atoms with Crippen LogP contribution in [0.5, 0.6) is 0 Å². The van der Waals surface area contributed by atoms with Gasteiger partial charge in [0.05, 0.1) is 8.07 Å². The Morgan fingerprint density at radius 3 is 2.16 bits per heavy atom. The third kappa shape index (κ3) is 2.87. The summed E-state index contributed by atoms with van der Waals surface area (Å²) in [6, 6.07) is 8.77. The summed E-state index contributed by atoms with van der Waals surface area (Å²) in [5.41, 5.74) is 0.500. The van der Waals surface area contributed by atoms with Gasteiger partial charge in [0.25, 0.3) is 0 Å². The molecule has 0 saturated heterocycles. The lowest BCUT2D eigenvalue weighted by atomic mass is 10.0. The van der Waals surface area contributed by atoms with Crippen LogP contribution in [-0.2, 0) is 4.74 Å². The van der Waals surface area contributed by atoms with Crippen molar-refractivity contribution in [3.8, 4) is 0 Å². The van der Waals surface area contributed by atoms with Crippen molar-refractivity contribution in [1.29, 1.82) is 0 Å². The number of rotatable bonds is 3. The first-order valence-corrected chi connectivity index (χ1v) is 10.5. The van der Waals surface area contributed by atoms with Crippen molar-refractivity contribution >= 4 is 30.3 Å². The van der Waals surface area contributed by atoms with Gasteiger partial charge in [0.2, 0.25) is 0 Å². The third-order valence-electron chi connectivity index (χ3n) is 4.08. The van der Waals surface area contributed by atoms with E-state index in [-0.39, 0.29) is 17.4 Å². The van der Waals surface area contributed by atoms with Crippen LogP contribution in [0.1, 0.15) is 25.3 Å². The Morgan fingerprint density at radius 2 is 1.74 bits per heavy atom. The second-order valence-electron chi connectivity index (χ2n) is 6.95. The largest absolute Gasteiger partial charge is 0.449 e. The van der Waals surface area contributed by atoms with Crippen LogP contribution in [0.15, 0.2) is 24.3 Å². The Kier molecular flexibility index (Phi) is 3.56. The minimum atomic E-state index is -1.26. The molecule has 0 N–H and O–H groups in total. The van der Waals surface area contributed by atoms with Crippen LogP contribution in [0.4, 0.5) is 4.79 Å². The van der Waals surface area contributed by atoms with E-state index >= 15 is 0 Å². The minimum absolute atomic E-state index is 0.0226. The van der Waals surface area contributed by atoms with Crippen LogP contribution >= 0.6 is 11.6 Å². The topological polar surface area (TPSA) is 26.3 Å².